The van der Waals surface area contributed by atoms with Gasteiger partial charge >= 0.3 is 0 Å². The van der Waals surface area contributed by atoms with E-state index in [1.807, 2.05) is 13.8 Å². The van der Waals surface area contributed by atoms with Crippen LogP contribution in [0.25, 0.3) is 6.08 Å². The zero-order chi connectivity index (χ0) is 21.9. The monoisotopic (exact) mass is 414 g/mol. The van der Waals surface area contributed by atoms with Crippen molar-refractivity contribution in [1.82, 2.24) is 0 Å². The van der Waals surface area contributed by atoms with Gasteiger partial charge in [-0.05, 0) is 49.8 Å². The molecular formula is C22H26N2O6. The summed E-state index contributed by atoms with van der Waals surface area (Å²) in [6, 6.07) is 10.3. The first kappa shape index (κ1) is 22.6. The van der Waals surface area contributed by atoms with Gasteiger partial charge < -0.3 is 30.0 Å². The van der Waals surface area contributed by atoms with E-state index >= 15 is 0 Å². The van der Waals surface area contributed by atoms with Gasteiger partial charge in [0.2, 0.25) is 5.91 Å². The second kappa shape index (κ2) is 11.4. The van der Waals surface area contributed by atoms with E-state index in [1.165, 1.54) is 13.2 Å². The number of methoxy groups -OCH3 is 1. The number of nitrogens with two attached hydrogens (primary N) is 1. The van der Waals surface area contributed by atoms with Crippen LogP contribution < -0.4 is 30.0 Å². The summed E-state index contributed by atoms with van der Waals surface area (Å²) in [4.78, 5) is 23.3. The van der Waals surface area contributed by atoms with Crippen LogP contribution in [0.15, 0.2) is 42.5 Å². The summed E-state index contributed by atoms with van der Waals surface area (Å²) in [5.41, 5.74) is 6.31. The van der Waals surface area contributed by atoms with Gasteiger partial charge in [0.25, 0.3) is 5.91 Å². The fourth-order valence-electron chi connectivity index (χ4n) is 2.55. The Morgan fingerprint density at radius 2 is 1.70 bits per heavy atom. The van der Waals surface area contributed by atoms with Crippen molar-refractivity contribution in [2.75, 3.05) is 32.2 Å². The summed E-state index contributed by atoms with van der Waals surface area (Å²) in [6.45, 7) is 4.48. The SMILES string of the molecule is CCOc1ccc(OCC)c(NC(=O)/C=C/c2ccc(OCC(N)=O)c(OC)c2)c1. The normalized spacial score (nSPS) is 10.5. The molecule has 30 heavy (non-hydrogen) atoms. The molecule has 0 aliphatic heterocycles. The molecule has 0 radical (unpaired) electrons. The molecule has 0 aliphatic rings. The molecule has 0 aliphatic carbocycles. The molecule has 3 N–H and O–H groups in total. The van der Waals surface area contributed by atoms with Gasteiger partial charge in [-0.25, -0.2) is 0 Å². The van der Waals surface area contributed by atoms with Crippen LogP contribution in [-0.4, -0.2) is 38.7 Å². The number of amides is 2. The summed E-state index contributed by atoms with van der Waals surface area (Å²) in [5.74, 6) is 1.07. The Balaban J connectivity index is 2.12. The number of hydrogen-bond acceptors (Lipinski definition) is 6. The van der Waals surface area contributed by atoms with Crippen LogP contribution in [0.3, 0.4) is 0 Å². The minimum absolute atomic E-state index is 0.253. The molecule has 8 nitrogen and oxygen atoms in total. The van der Waals surface area contributed by atoms with Crippen LogP contribution in [0, 0.1) is 0 Å². The van der Waals surface area contributed by atoms with E-state index in [1.54, 1.807) is 42.5 Å². The maximum Gasteiger partial charge on any atom is 0.255 e. The van der Waals surface area contributed by atoms with Crippen molar-refractivity contribution in [2.24, 2.45) is 5.73 Å². The van der Waals surface area contributed by atoms with Crippen molar-refractivity contribution < 1.29 is 28.5 Å². The Labute approximate surface area is 175 Å². The van der Waals surface area contributed by atoms with Crippen LogP contribution in [-0.2, 0) is 9.59 Å². The van der Waals surface area contributed by atoms with Gasteiger partial charge in [0, 0.05) is 12.1 Å². The molecule has 0 atom stereocenters. The van der Waals surface area contributed by atoms with Crippen LogP contribution in [0.2, 0.25) is 0 Å². The van der Waals surface area contributed by atoms with Gasteiger partial charge in [-0.15, -0.1) is 0 Å². The number of hydrogen-bond donors (Lipinski definition) is 2. The topological polar surface area (TPSA) is 109 Å². The predicted octanol–water partition coefficient (Wildman–Crippen LogP) is 3.01. The fraction of sp³-hybridized carbons (Fsp3) is 0.273. The first-order valence-corrected chi connectivity index (χ1v) is 9.44. The molecule has 0 heterocycles. The van der Waals surface area contributed by atoms with E-state index in [2.05, 4.69) is 5.32 Å². The van der Waals surface area contributed by atoms with Gasteiger partial charge in [0.05, 0.1) is 26.0 Å². The number of nitrogens with one attached hydrogen (secondary N) is 1. The lowest BCUT2D eigenvalue weighted by atomic mass is 10.2. The molecule has 2 rings (SSSR count). The van der Waals surface area contributed by atoms with Crippen LogP contribution in [0.5, 0.6) is 23.0 Å². The van der Waals surface area contributed by atoms with Gasteiger partial charge in [0.15, 0.2) is 18.1 Å². The highest BCUT2D eigenvalue weighted by Crippen LogP contribution is 2.30. The average molecular weight is 414 g/mol. The van der Waals surface area contributed by atoms with Crippen molar-refractivity contribution in [1.29, 1.82) is 0 Å². The summed E-state index contributed by atoms with van der Waals surface area (Å²) in [5, 5.41) is 2.80. The van der Waals surface area contributed by atoms with E-state index in [4.69, 9.17) is 24.7 Å². The minimum atomic E-state index is -0.586. The molecule has 2 amide bonds. The number of benzene rings is 2. The number of anilines is 1. The lowest BCUT2D eigenvalue weighted by molar-refractivity contribution is -0.120. The molecule has 0 saturated heterocycles. The summed E-state index contributed by atoms with van der Waals surface area (Å²) < 4.78 is 21.6. The number of carbonyl (C=O) groups is 2. The molecular weight excluding hydrogens is 388 g/mol. The van der Waals surface area contributed by atoms with Gasteiger partial charge in [0.1, 0.15) is 11.5 Å². The highest BCUT2D eigenvalue weighted by Gasteiger charge is 2.09. The second-order valence-corrected chi connectivity index (χ2v) is 6.01. The zero-order valence-corrected chi connectivity index (χ0v) is 17.3. The molecule has 0 spiro atoms. The van der Waals surface area contributed by atoms with Crippen molar-refractivity contribution in [2.45, 2.75) is 13.8 Å². The Kier molecular flexibility index (Phi) is 8.56. The van der Waals surface area contributed by atoms with E-state index < -0.39 is 5.91 Å². The van der Waals surface area contributed by atoms with Crippen LogP contribution in [0.4, 0.5) is 5.69 Å². The van der Waals surface area contributed by atoms with Gasteiger partial charge in [-0.1, -0.05) is 6.07 Å². The quantitative estimate of drug-likeness (QED) is 0.547. The second-order valence-electron chi connectivity index (χ2n) is 6.01. The largest absolute Gasteiger partial charge is 0.494 e. The highest BCUT2D eigenvalue weighted by molar-refractivity contribution is 6.03. The number of ether oxygens (including phenoxy) is 4. The molecule has 2 aromatic rings. The Bertz CT molecular complexity index is 910. The van der Waals surface area contributed by atoms with Gasteiger partial charge in [-0.2, -0.15) is 0 Å². The molecule has 160 valence electrons. The predicted molar refractivity (Wildman–Crippen MR) is 114 cm³/mol. The van der Waals surface area contributed by atoms with Crippen molar-refractivity contribution >= 4 is 23.6 Å². The maximum absolute atomic E-state index is 12.4. The lowest BCUT2D eigenvalue weighted by Gasteiger charge is -2.12. The Morgan fingerprint density at radius 3 is 2.37 bits per heavy atom. The summed E-state index contributed by atoms with van der Waals surface area (Å²) in [7, 11) is 1.48. The standard InChI is InChI=1S/C22H26N2O6/c1-4-28-16-8-10-18(29-5-2)17(13-16)24-22(26)11-7-15-6-9-19(20(12-15)27-3)30-14-21(23)25/h6-13H,4-5,14H2,1-3H3,(H2,23,25)(H,24,26)/b11-7+. The van der Waals surface area contributed by atoms with E-state index in [9.17, 15) is 9.59 Å². The number of primary amides is 1. The number of rotatable bonds is 11. The Morgan fingerprint density at radius 1 is 0.967 bits per heavy atom. The minimum Gasteiger partial charge on any atom is -0.494 e. The zero-order valence-electron chi connectivity index (χ0n) is 17.3. The average Bonchev–Trinajstić information content (AvgIpc) is 2.73. The summed E-state index contributed by atoms with van der Waals surface area (Å²) >= 11 is 0. The van der Waals surface area contributed by atoms with Crippen molar-refractivity contribution in [3.63, 3.8) is 0 Å². The Hall–Kier alpha value is -3.68. The molecule has 0 fully saturated rings. The summed E-state index contributed by atoms with van der Waals surface area (Å²) in [6.07, 6.45) is 3.02. The molecule has 0 aromatic heterocycles. The molecule has 0 bridgehead atoms. The first-order valence-electron chi connectivity index (χ1n) is 9.44. The third-order valence-electron chi connectivity index (χ3n) is 3.80. The molecule has 8 heteroatoms. The van der Waals surface area contributed by atoms with Crippen molar-refractivity contribution in [3.05, 3.63) is 48.0 Å². The van der Waals surface area contributed by atoms with Gasteiger partial charge in [-0.3, -0.25) is 9.59 Å². The van der Waals surface area contributed by atoms with E-state index in [0.29, 0.717) is 47.5 Å². The fourth-order valence-corrected chi connectivity index (χ4v) is 2.55. The van der Waals surface area contributed by atoms with Crippen LogP contribution in [0.1, 0.15) is 19.4 Å². The molecule has 2 aromatic carbocycles. The van der Waals surface area contributed by atoms with Crippen LogP contribution >= 0.6 is 0 Å². The lowest BCUT2D eigenvalue weighted by Crippen LogP contribution is -2.20. The maximum atomic E-state index is 12.4. The third kappa shape index (κ3) is 6.73. The first-order chi connectivity index (χ1) is 14.5. The third-order valence-corrected chi connectivity index (χ3v) is 3.80. The number of carbonyl (C=O) groups excluding carboxylic acids is 2. The molecule has 0 saturated carbocycles. The van der Waals surface area contributed by atoms with E-state index in [-0.39, 0.29) is 12.5 Å². The molecule has 0 unspecified atom stereocenters. The highest BCUT2D eigenvalue weighted by atomic mass is 16.5. The van der Waals surface area contributed by atoms with E-state index in [0.717, 1.165) is 0 Å². The smallest absolute Gasteiger partial charge is 0.255 e. The van der Waals surface area contributed by atoms with Crippen molar-refractivity contribution in [3.8, 4) is 23.0 Å².